The Labute approximate surface area is 151 Å². The number of para-hydroxylation sites is 1. The number of benzene rings is 2. The van der Waals surface area contributed by atoms with Gasteiger partial charge in [-0.3, -0.25) is 9.52 Å². The van der Waals surface area contributed by atoms with E-state index in [2.05, 4.69) is 10.0 Å². The minimum Gasteiger partial charge on any atom is -0.486 e. The van der Waals surface area contributed by atoms with Crippen molar-refractivity contribution in [3.8, 4) is 11.5 Å². The fraction of sp³-hybridized carbons (Fsp3) is 0.278. The van der Waals surface area contributed by atoms with Crippen LogP contribution in [0.3, 0.4) is 0 Å². The summed E-state index contributed by atoms with van der Waals surface area (Å²) < 4.78 is 37.9. The summed E-state index contributed by atoms with van der Waals surface area (Å²) in [6.45, 7) is 0.948. The average Bonchev–Trinajstić information content (AvgIpc) is 3.47. The van der Waals surface area contributed by atoms with Gasteiger partial charge >= 0.3 is 0 Å². The molecule has 1 aliphatic carbocycles. The van der Waals surface area contributed by atoms with Crippen molar-refractivity contribution in [3.05, 3.63) is 48.0 Å². The van der Waals surface area contributed by atoms with Crippen molar-refractivity contribution in [1.82, 2.24) is 0 Å². The fourth-order valence-corrected chi connectivity index (χ4v) is 4.11. The van der Waals surface area contributed by atoms with E-state index in [0.29, 0.717) is 43.2 Å². The number of hydrogen-bond donors (Lipinski definition) is 2. The number of rotatable bonds is 5. The summed E-state index contributed by atoms with van der Waals surface area (Å²) in [5.41, 5.74) is 1.07. The maximum atomic E-state index is 12.7. The molecule has 1 fully saturated rings. The molecule has 0 aromatic heterocycles. The highest BCUT2D eigenvalue weighted by molar-refractivity contribution is 7.93. The molecule has 0 atom stereocenters. The van der Waals surface area contributed by atoms with Crippen molar-refractivity contribution in [2.75, 3.05) is 23.3 Å². The second-order valence-electron chi connectivity index (χ2n) is 6.20. The third kappa shape index (κ3) is 3.45. The number of anilines is 2. The number of hydrogen-bond acceptors (Lipinski definition) is 5. The summed E-state index contributed by atoms with van der Waals surface area (Å²) in [7, 11) is -3.45. The third-order valence-electron chi connectivity index (χ3n) is 4.19. The molecule has 0 bridgehead atoms. The molecule has 7 nitrogen and oxygen atoms in total. The van der Waals surface area contributed by atoms with Gasteiger partial charge in [-0.2, -0.15) is 0 Å². The smallest absolute Gasteiger partial charge is 0.257 e. The molecule has 1 heterocycles. The Morgan fingerprint density at radius 1 is 1.00 bits per heavy atom. The summed E-state index contributed by atoms with van der Waals surface area (Å²) in [4.78, 5) is 12.7. The van der Waals surface area contributed by atoms with Crippen LogP contribution in [-0.2, 0) is 10.0 Å². The number of ether oxygens (including phenoxy) is 2. The van der Waals surface area contributed by atoms with E-state index >= 15 is 0 Å². The lowest BCUT2D eigenvalue weighted by atomic mass is 10.1. The van der Waals surface area contributed by atoms with E-state index in [1.807, 2.05) is 0 Å². The average molecular weight is 374 g/mol. The minimum atomic E-state index is -3.45. The Morgan fingerprint density at radius 2 is 1.73 bits per heavy atom. The van der Waals surface area contributed by atoms with Crippen molar-refractivity contribution in [1.29, 1.82) is 0 Å². The Morgan fingerprint density at radius 3 is 2.50 bits per heavy atom. The van der Waals surface area contributed by atoms with Crippen LogP contribution >= 0.6 is 0 Å². The number of carbonyl (C=O) groups is 1. The van der Waals surface area contributed by atoms with Crippen LogP contribution in [-0.4, -0.2) is 32.8 Å². The zero-order valence-corrected chi connectivity index (χ0v) is 14.7. The van der Waals surface area contributed by atoms with Gasteiger partial charge in [0, 0.05) is 11.8 Å². The molecule has 136 valence electrons. The van der Waals surface area contributed by atoms with Gasteiger partial charge in [-0.1, -0.05) is 12.1 Å². The van der Waals surface area contributed by atoms with E-state index < -0.39 is 15.9 Å². The van der Waals surface area contributed by atoms with Crippen molar-refractivity contribution in [2.24, 2.45) is 0 Å². The van der Waals surface area contributed by atoms with E-state index in [9.17, 15) is 13.2 Å². The van der Waals surface area contributed by atoms with Gasteiger partial charge in [0.1, 0.15) is 13.2 Å². The second kappa shape index (κ2) is 6.53. The topological polar surface area (TPSA) is 93.7 Å². The van der Waals surface area contributed by atoms with Crippen molar-refractivity contribution < 1.29 is 22.7 Å². The first-order valence-corrected chi connectivity index (χ1v) is 9.89. The zero-order chi connectivity index (χ0) is 18.1. The number of fused-ring (bicyclic) bond motifs is 1. The largest absolute Gasteiger partial charge is 0.486 e. The molecule has 0 saturated heterocycles. The molecule has 26 heavy (non-hydrogen) atoms. The number of carbonyl (C=O) groups excluding carboxylic acids is 1. The number of amides is 1. The first kappa shape index (κ1) is 16.7. The van der Waals surface area contributed by atoms with Gasteiger partial charge in [-0.15, -0.1) is 0 Å². The predicted molar refractivity (Wildman–Crippen MR) is 97.4 cm³/mol. The van der Waals surface area contributed by atoms with Gasteiger partial charge in [0.05, 0.1) is 16.5 Å². The number of nitrogens with one attached hydrogen (secondary N) is 2. The summed E-state index contributed by atoms with van der Waals surface area (Å²) >= 11 is 0. The summed E-state index contributed by atoms with van der Waals surface area (Å²) in [5, 5.41) is 2.41. The van der Waals surface area contributed by atoms with Crippen LogP contribution in [0.2, 0.25) is 0 Å². The zero-order valence-electron chi connectivity index (χ0n) is 13.9. The molecule has 2 N–H and O–H groups in total. The van der Waals surface area contributed by atoms with Gasteiger partial charge in [-0.25, -0.2) is 8.42 Å². The van der Waals surface area contributed by atoms with E-state index in [1.54, 1.807) is 42.5 Å². The molecule has 1 saturated carbocycles. The minimum absolute atomic E-state index is 0.256. The third-order valence-corrected chi connectivity index (χ3v) is 6.04. The molecule has 2 aliphatic rings. The van der Waals surface area contributed by atoms with E-state index in [1.165, 1.54) is 0 Å². The van der Waals surface area contributed by atoms with E-state index in [4.69, 9.17) is 9.47 Å². The first-order valence-electron chi connectivity index (χ1n) is 8.34. The molecule has 2 aromatic rings. The SMILES string of the molecule is O=C(Nc1ccc2c(c1)OCCO2)c1ccccc1NS(=O)(=O)C1CC1. The van der Waals surface area contributed by atoms with Crippen LogP contribution in [0, 0.1) is 0 Å². The summed E-state index contributed by atoms with van der Waals surface area (Å²) in [5.74, 6) is 0.791. The first-order chi connectivity index (χ1) is 12.5. The molecule has 1 amide bonds. The predicted octanol–water partition coefficient (Wildman–Crippen LogP) is 2.61. The van der Waals surface area contributed by atoms with Crippen molar-refractivity contribution in [2.45, 2.75) is 18.1 Å². The van der Waals surface area contributed by atoms with Gasteiger partial charge in [0.2, 0.25) is 10.0 Å². The highest BCUT2D eigenvalue weighted by Gasteiger charge is 2.36. The monoisotopic (exact) mass is 374 g/mol. The van der Waals surface area contributed by atoms with Crippen molar-refractivity contribution >= 4 is 27.3 Å². The Bertz CT molecular complexity index is 954. The van der Waals surface area contributed by atoms with Crippen LogP contribution in [0.1, 0.15) is 23.2 Å². The summed E-state index contributed by atoms with van der Waals surface area (Å²) in [6.07, 6.45) is 1.31. The molecule has 8 heteroatoms. The van der Waals surface area contributed by atoms with Gasteiger partial charge in [-0.05, 0) is 37.1 Å². The number of sulfonamides is 1. The van der Waals surface area contributed by atoms with Crippen LogP contribution in [0.5, 0.6) is 11.5 Å². The van der Waals surface area contributed by atoms with Crippen LogP contribution in [0.4, 0.5) is 11.4 Å². The maximum absolute atomic E-state index is 12.7. The quantitative estimate of drug-likeness (QED) is 0.839. The second-order valence-corrected chi connectivity index (χ2v) is 8.17. The van der Waals surface area contributed by atoms with Crippen molar-refractivity contribution in [3.63, 3.8) is 0 Å². The van der Waals surface area contributed by atoms with E-state index in [-0.39, 0.29) is 16.5 Å². The Balaban J connectivity index is 1.55. The molecule has 2 aromatic carbocycles. The van der Waals surface area contributed by atoms with Gasteiger partial charge < -0.3 is 14.8 Å². The van der Waals surface area contributed by atoms with E-state index in [0.717, 1.165) is 0 Å². The molecule has 0 radical (unpaired) electrons. The van der Waals surface area contributed by atoms with Gasteiger partial charge in [0.25, 0.3) is 5.91 Å². The van der Waals surface area contributed by atoms with Gasteiger partial charge in [0.15, 0.2) is 11.5 Å². The molecular formula is C18H18N2O5S. The van der Waals surface area contributed by atoms with Crippen LogP contribution < -0.4 is 19.5 Å². The Hall–Kier alpha value is -2.74. The molecule has 4 rings (SSSR count). The normalized spacial score (nSPS) is 16.0. The van der Waals surface area contributed by atoms with Crippen LogP contribution in [0.25, 0.3) is 0 Å². The maximum Gasteiger partial charge on any atom is 0.257 e. The molecular weight excluding hydrogens is 356 g/mol. The molecule has 0 spiro atoms. The molecule has 0 unspecified atom stereocenters. The fourth-order valence-electron chi connectivity index (χ4n) is 2.70. The highest BCUT2D eigenvalue weighted by Crippen LogP contribution is 2.33. The standard InChI is InChI=1S/C18H18N2O5S/c21-18(19-12-5-8-16-17(11-12)25-10-9-24-16)14-3-1-2-4-15(14)20-26(22,23)13-6-7-13/h1-5,8,11,13,20H,6-7,9-10H2,(H,19,21). The lowest BCUT2D eigenvalue weighted by molar-refractivity contribution is 0.102. The molecule has 1 aliphatic heterocycles. The lowest BCUT2D eigenvalue weighted by Gasteiger charge is -2.19. The highest BCUT2D eigenvalue weighted by atomic mass is 32.2. The summed E-state index contributed by atoms with van der Waals surface area (Å²) in [6, 6.07) is 11.7. The lowest BCUT2D eigenvalue weighted by Crippen LogP contribution is -2.21. The van der Waals surface area contributed by atoms with Crippen LogP contribution in [0.15, 0.2) is 42.5 Å². The Kier molecular flexibility index (Phi) is 4.20.